The number of aliphatic hydroxyl groups is 1. The SMILES string of the molecule is C[C@@H]1CN([C@@H](C)CO)S(=O)(=O)c2ccc(-c3ccccc3)cc2O[C@@H]1CN(C)C(=O)C1CC1. The minimum atomic E-state index is -3.89. The Bertz CT molecular complexity index is 1100. The predicted octanol–water partition coefficient (Wildman–Crippen LogP) is 2.99. The molecule has 2 aliphatic rings. The predicted molar refractivity (Wildman–Crippen MR) is 126 cm³/mol. The lowest BCUT2D eigenvalue weighted by Gasteiger charge is -2.37. The first-order valence-electron chi connectivity index (χ1n) is 11.5. The molecule has 1 fully saturated rings. The van der Waals surface area contributed by atoms with Crippen molar-refractivity contribution in [3.05, 3.63) is 48.5 Å². The average Bonchev–Trinajstić information content (AvgIpc) is 3.66. The molecular formula is C25H32N2O5S. The Balaban J connectivity index is 1.76. The number of aliphatic hydroxyl groups excluding tert-OH is 1. The van der Waals surface area contributed by atoms with E-state index in [4.69, 9.17) is 4.74 Å². The zero-order valence-corrected chi connectivity index (χ0v) is 20.2. The van der Waals surface area contributed by atoms with Gasteiger partial charge in [0, 0.05) is 31.5 Å². The topological polar surface area (TPSA) is 87.2 Å². The number of nitrogens with zero attached hydrogens (tertiary/aromatic N) is 2. The highest BCUT2D eigenvalue weighted by molar-refractivity contribution is 7.89. The van der Waals surface area contributed by atoms with Gasteiger partial charge in [-0.1, -0.05) is 43.3 Å². The van der Waals surface area contributed by atoms with E-state index in [9.17, 15) is 18.3 Å². The van der Waals surface area contributed by atoms with Gasteiger partial charge in [-0.25, -0.2) is 8.42 Å². The smallest absolute Gasteiger partial charge is 0.247 e. The summed E-state index contributed by atoms with van der Waals surface area (Å²) in [7, 11) is -2.11. The van der Waals surface area contributed by atoms with Crippen molar-refractivity contribution < 1.29 is 23.1 Å². The van der Waals surface area contributed by atoms with Crippen molar-refractivity contribution in [2.45, 2.75) is 43.7 Å². The number of ether oxygens (including phenoxy) is 1. The maximum atomic E-state index is 13.6. The number of amides is 1. The molecule has 0 radical (unpaired) electrons. The Morgan fingerprint density at radius 3 is 2.52 bits per heavy atom. The van der Waals surface area contributed by atoms with Crippen molar-refractivity contribution in [1.29, 1.82) is 0 Å². The van der Waals surface area contributed by atoms with E-state index < -0.39 is 22.2 Å². The number of hydrogen-bond acceptors (Lipinski definition) is 5. The Labute approximate surface area is 196 Å². The third-order valence-corrected chi connectivity index (χ3v) is 8.55. The van der Waals surface area contributed by atoms with E-state index in [1.807, 2.05) is 37.3 Å². The van der Waals surface area contributed by atoms with Crippen LogP contribution in [0.5, 0.6) is 5.75 Å². The monoisotopic (exact) mass is 472 g/mol. The third-order valence-electron chi connectivity index (χ3n) is 6.53. The standard InChI is InChI=1S/C25H32N2O5S/c1-17-14-27(18(2)16-28)33(30,31)24-12-11-21(19-7-5-4-6-8-19)13-22(24)32-23(17)15-26(3)25(29)20-9-10-20/h4-8,11-13,17-18,20,23,28H,9-10,14-16H2,1-3H3/t17-,18+,23-/m1/s1. The van der Waals surface area contributed by atoms with Gasteiger partial charge in [-0.15, -0.1) is 0 Å². The van der Waals surface area contributed by atoms with Crippen LogP contribution in [0.1, 0.15) is 26.7 Å². The van der Waals surface area contributed by atoms with Crippen LogP contribution >= 0.6 is 0 Å². The molecule has 1 aliphatic carbocycles. The fourth-order valence-electron chi connectivity index (χ4n) is 4.26. The normalized spacial score (nSPS) is 23.5. The molecule has 7 nitrogen and oxygen atoms in total. The molecule has 3 atom stereocenters. The second kappa shape index (κ2) is 9.44. The summed E-state index contributed by atoms with van der Waals surface area (Å²) in [5, 5.41) is 9.77. The first kappa shape index (κ1) is 23.7. The summed E-state index contributed by atoms with van der Waals surface area (Å²) in [5.74, 6) is 0.286. The fourth-order valence-corrected chi connectivity index (χ4v) is 6.08. The number of carbonyl (C=O) groups is 1. The summed E-state index contributed by atoms with van der Waals surface area (Å²) in [6, 6.07) is 14.2. The van der Waals surface area contributed by atoms with Crippen LogP contribution in [0.3, 0.4) is 0 Å². The summed E-state index contributed by atoms with van der Waals surface area (Å²) in [6.07, 6.45) is 1.45. The fraction of sp³-hybridized carbons (Fsp3) is 0.480. The van der Waals surface area contributed by atoms with Crippen LogP contribution in [-0.4, -0.2) is 67.5 Å². The molecule has 1 heterocycles. The highest BCUT2D eigenvalue weighted by Gasteiger charge is 2.39. The molecule has 1 N–H and O–H groups in total. The van der Waals surface area contributed by atoms with Gasteiger partial charge in [0.05, 0.1) is 13.2 Å². The maximum absolute atomic E-state index is 13.6. The molecule has 178 valence electrons. The largest absolute Gasteiger partial charge is 0.487 e. The van der Waals surface area contributed by atoms with Crippen LogP contribution in [0.25, 0.3) is 11.1 Å². The molecule has 1 aliphatic heterocycles. The number of hydrogen-bond donors (Lipinski definition) is 1. The van der Waals surface area contributed by atoms with Crippen molar-refractivity contribution in [2.24, 2.45) is 11.8 Å². The molecule has 0 spiro atoms. The molecule has 4 rings (SSSR count). The lowest BCUT2D eigenvalue weighted by molar-refractivity contribution is -0.132. The maximum Gasteiger partial charge on any atom is 0.247 e. The second-order valence-electron chi connectivity index (χ2n) is 9.26. The molecular weight excluding hydrogens is 440 g/mol. The lowest BCUT2D eigenvalue weighted by atomic mass is 10.0. The second-order valence-corrected chi connectivity index (χ2v) is 11.1. The van der Waals surface area contributed by atoms with E-state index >= 15 is 0 Å². The highest BCUT2D eigenvalue weighted by Crippen LogP contribution is 2.37. The van der Waals surface area contributed by atoms with E-state index in [0.717, 1.165) is 24.0 Å². The van der Waals surface area contributed by atoms with E-state index in [0.29, 0.717) is 6.54 Å². The molecule has 0 saturated heterocycles. The quantitative estimate of drug-likeness (QED) is 0.699. The van der Waals surface area contributed by atoms with Crippen molar-refractivity contribution in [3.8, 4) is 16.9 Å². The zero-order valence-electron chi connectivity index (χ0n) is 19.3. The number of benzene rings is 2. The molecule has 0 bridgehead atoms. The molecule has 2 aromatic carbocycles. The molecule has 0 aromatic heterocycles. The first-order chi connectivity index (χ1) is 15.7. The van der Waals surface area contributed by atoms with Crippen LogP contribution in [0.2, 0.25) is 0 Å². The lowest BCUT2D eigenvalue weighted by Crippen LogP contribution is -2.50. The number of likely N-dealkylation sites (N-methyl/N-ethyl adjacent to an activating group) is 1. The summed E-state index contributed by atoms with van der Waals surface area (Å²) in [6.45, 7) is 3.91. The van der Waals surface area contributed by atoms with Gasteiger partial charge in [0.25, 0.3) is 0 Å². The summed E-state index contributed by atoms with van der Waals surface area (Å²) in [4.78, 5) is 14.4. The first-order valence-corrected chi connectivity index (χ1v) is 12.9. The summed E-state index contributed by atoms with van der Waals surface area (Å²) < 4.78 is 34.9. The van der Waals surface area contributed by atoms with Crippen LogP contribution in [0, 0.1) is 11.8 Å². The van der Waals surface area contributed by atoms with Crippen LogP contribution in [0.4, 0.5) is 0 Å². The van der Waals surface area contributed by atoms with Gasteiger partial charge >= 0.3 is 0 Å². The Morgan fingerprint density at radius 1 is 1.18 bits per heavy atom. The van der Waals surface area contributed by atoms with E-state index in [1.54, 1.807) is 37.1 Å². The van der Waals surface area contributed by atoms with Gasteiger partial charge in [-0.2, -0.15) is 4.31 Å². The van der Waals surface area contributed by atoms with Gasteiger partial charge in [0.15, 0.2) is 0 Å². The highest BCUT2D eigenvalue weighted by atomic mass is 32.2. The number of rotatable bonds is 6. The van der Waals surface area contributed by atoms with Gasteiger partial charge in [0.1, 0.15) is 16.7 Å². The van der Waals surface area contributed by atoms with Crippen molar-refractivity contribution in [2.75, 3.05) is 26.7 Å². The van der Waals surface area contributed by atoms with E-state index in [1.165, 1.54) is 4.31 Å². The minimum Gasteiger partial charge on any atom is -0.487 e. The summed E-state index contributed by atoms with van der Waals surface area (Å²) >= 11 is 0. The molecule has 33 heavy (non-hydrogen) atoms. The number of sulfonamides is 1. The van der Waals surface area contributed by atoms with Crippen molar-refractivity contribution >= 4 is 15.9 Å². The van der Waals surface area contributed by atoms with Gasteiger partial charge < -0.3 is 14.7 Å². The molecule has 1 saturated carbocycles. The molecule has 1 amide bonds. The van der Waals surface area contributed by atoms with E-state index in [-0.39, 0.29) is 41.5 Å². The Kier molecular flexibility index (Phi) is 6.79. The number of carbonyl (C=O) groups excluding carboxylic acids is 1. The zero-order chi connectivity index (χ0) is 23.8. The molecule has 8 heteroatoms. The summed E-state index contributed by atoms with van der Waals surface area (Å²) in [5.41, 5.74) is 1.80. The minimum absolute atomic E-state index is 0.0792. The van der Waals surface area contributed by atoms with Crippen LogP contribution in [-0.2, 0) is 14.8 Å². The van der Waals surface area contributed by atoms with Crippen molar-refractivity contribution in [1.82, 2.24) is 9.21 Å². The molecule has 0 unspecified atom stereocenters. The average molecular weight is 473 g/mol. The number of fused-ring (bicyclic) bond motifs is 1. The Morgan fingerprint density at radius 2 is 1.88 bits per heavy atom. The van der Waals surface area contributed by atoms with Gasteiger partial charge in [0.2, 0.25) is 15.9 Å². The Hall–Kier alpha value is -2.42. The van der Waals surface area contributed by atoms with Crippen LogP contribution < -0.4 is 4.74 Å². The van der Waals surface area contributed by atoms with Gasteiger partial charge in [-0.3, -0.25) is 4.79 Å². The van der Waals surface area contributed by atoms with Crippen molar-refractivity contribution in [3.63, 3.8) is 0 Å². The molecule has 2 aromatic rings. The van der Waals surface area contributed by atoms with E-state index in [2.05, 4.69) is 0 Å². The van der Waals surface area contributed by atoms with Crippen LogP contribution in [0.15, 0.2) is 53.4 Å². The van der Waals surface area contributed by atoms with Gasteiger partial charge in [-0.05, 0) is 43.0 Å². The third kappa shape index (κ3) is 4.93.